The van der Waals surface area contributed by atoms with Crippen molar-refractivity contribution in [2.24, 2.45) is 4.99 Å². The number of hydrogen-bond acceptors (Lipinski definition) is 5. The molecule has 8 heteroatoms. The van der Waals surface area contributed by atoms with E-state index in [9.17, 15) is 9.59 Å². The first-order chi connectivity index (χ1) is 12.9. The van der Waals surface area contributed by atoms with Gasteiger partial charge >= 0.3 is 6.03 Å². The van der Waals surface area contributed by atoms with Gasteiger partial charge in [-0.2, -0.15) is 0 Å². The van der Waals surface area contributed by atoms with Crippen molar-refractivity contribution in [3.05, 3.63) is 59.4 Å². The maximum atomic E-state index is 13.2. The van der Waals surface area contributed by atoms with E-state index in [1.807, 2.05) is 29.0 Å². The Balaban J connectivity index is 1.65. The van der Waals surface area contributed by atoms with Crippen LogP contribution in [0, 0.1) is 0 Å². The third-order valence-corrected chi connectivity index (χ3v) is 5.28. The predicted molar refractivity (Wildman–Crippen MR) is 103 cm³/mol. The van der Waals surface area contributed by atoms with Crippen molar-refractivity contribution in [2.75, 3.05) is 13.6 Å². The second kappa shape index (κ2) is 6.42. The highest BCUT2D eigenvalue weighted by Gasteiger charge is 2.54. The van der Waals surface area contributed by atoms with Gasteiger partial charge in [-0.05, 0) is 24.6 Å². The molecule has 2 atom stereocenters. The number of carbonyl (C=O) groups is 2. The number of amides is 3. The van der Waals surface area contributed by atoms with E-state index in [1.165, 1.54) is 9.80 Å². The van der Waals surface area contributed by atoms with E-state index in [2.05, 4.69) is 11.6 Å². The van der Waals surface area contributed by atoms with Crippen molar-refractivity contribution < 1.29 is 9.59 Å². The van der Waals surface area contributed by atoms with Crippen molar-refractivity contribution in [2.45, 2.75) is 25.7 Å². The van der Waals surface area contributed by atoms with Crippen LogP contribution in [0.2, 0.25) is 5.02 Å². The molecule has 0 N–H and O–H groups in total. The largest absolute Gasteiger partial charge is 0.328 e. The fourth-order valence-corrected chi connectivity index (χ4v) is 3.93. The van der Waals surface area contributed by atoms with Gasteiger partial charge in [0.1, 0.15) is 0 Å². The Bertz CT molecular complexity index is 896. The lowest BCUT2D eigenvalue weighted by molar-refractivity contribution is -0.137. The molecule has 140 valence electrons. The number of benzene rings is 1. The standard InChI is InChI=1S/C19H20ClN5O2/c1-4-8-23-12(2)10-24-15-16(21-18(23)24)22(3)19(27)25(17(15)26)11-13-6-5-7-14(20)9-13/h4-7,9-10,15-16H,1,8,11H2,2-3H3. The smallest absolute Gasteiger partial charge is 0.311 e. The van der Waals surface area contributed by atoms with E-state index in [-0.39, 0.29) is 18.5 Å². The number of aliphatic imine (C=N–C) groups is 1. The first-order valence-corrected chi connectivity index (χ1v) is 9.06. The summed E-state index contributed by atoms with van der Waals surface area (Å²) in [6.07, 6.45) is 3.16. The minimum Gasteiger partial charge on any atom is -0.311 e. The molecule has 0 bridgehead atoms. The average molecular weight is 386 g/mol. The van der Waals surface area contributed by atoms with Crippen molar-refractivity contribution >= 4 is 29.5 Å². The van der Waals surface area contributed by atoms with E-state index in [4.69, 9.17) is 11.6 Å². The summed E-state index contributed by atoms with van der Waals surface area (Å²) in [5, 5.41) is 0.570. The zero-order valence-electron chi connectivity index (χ0n) is 15.2. The van der Waals surface area contributed by atoms with E-state index in [0.29, 0.717) is 17.5 Å². The van der Waals surface area contributed by atoms with Crippen LogP contribution in [-0.2, 0) is 11.3 Å². The molecule has 0 aliphatic carbocycles. The monoisotopic (exact) mass is 385 g/mol. The predicted octanol–water partition coefficient (Wildman–Crippen LogP) is 2.46. The van der Waals surface area contributed by atoms with Crippen LogP contribution in [0.4, 0.5) is 4.79 Å². The third-order valence-electron chi connectivity index (χ3n) is 5.04. The summed E-state index contributed by atoms with van der Waals surface area (Å²) in [5.74, 6) is 0.423. The van der Waals surface area contributed by atoms with Gasteiger partial charge in [-0.15, -0.1) is 6.58 Å². The molecule has 3 heterocycles. The van der Waals surface area contributed by atoms with Gasteiger partial charge in [-0.25, -0.2) is 9.79 Å². The van der Waals surface area contributed by atoms with Gasteiger partial charge in [0.15, 0.2) is 12.2 Å². The van der Waals surface area contributed by atoms with Crippen molar-refractivity contribution in [1.29, 1.82) is 0 Å². The van der Waals surface area contributed by atoms with Gasteiger partial charge < -0.3 is 14.7 Å². The highest BCUT2D eigenvalue weighted by atomic mass is 35.5. The van der Waals surface area contributed by atoms with Crippen LogP contribution < -0.4 is 0 Å². The molecule has 7 nitrogen and oxygen atoms in total. The Hall–Kier alpha value is -2.80. The van der Waals surface area contributed by atoms with Gasteiger partial charge in [0.05, 0.1) is 6.54 Å². The number of imide groups is 1. The number of guanidine groups is 1. The summed E-state index contributed by atoms with van der Waals surface area (Å²) >= 11 is 6.04. The van der Waals surface area contributed by atoms with Gasteiger partial charge in [-0.3, -0.25) is 9.69 Å². The Morgan fingerprint density at radius 1 is 1.30 bits per heavy atom. The van der Waals surface area contributed by atoms with Crippen molar-refractivity contribution in [3.8, 4) is 0 Å². The molecule has 2 unspecified atom stereocenters. The van der Waals surface area contributed by atoms with Crippen LogP contribution in [-0.4, -0.2) is 63.3 Å². The van der Waals surface area contributed by atoms with Crippen LogP contribution in [0.5, 0.6) is 0 Å². The molecule has 3 amide bonds. The molecule has 0 spiro atoms. The first-order valence-electron chi connectivity index (χ1n) is 8.68. The Kier molecular flexibility index (Phi) is 4.19. The van der Waals surface area contributed by atoms with Crippen LogP contribution >= 0.6 is 11.6 Å². The quantitative estimate of drug-likeness (QED) is 0.747. The number of fused-ring (bicyclic) bond motifs is 3. The van der Waals surface area contributed by atoms with Crippen molar-refractivity contribution in [1.82, 2.24) is 19.6 Å². The molecule has 0 aromatic heterocycles. The number of urea groups is 1. The van der Waals surface area contributed by atoms with Crippen molar-refractivity contribution in [3.63, 3.8) is 0 Å². The molecule has 0 saturated carbocycles. The third kappa shape index (κ3) is 2.70. The fraction of sp³-hybridized carbons (Fsp3) is 0.316. The molecule has 1 fully saturated rings. The molecule has 4 rings (SSSR count). The Labute approximate surface area is 162 Å². The lowest BCUT2D eigenvalue weighted by Gasteiger charge is -2.40. The minimum absolute atomic E-state index is 0.175. The molecular formula is C19H20ClN5O2. The summed E-state index contributed by atoms with van der Waals surface area (Å²) in [4.78, 5) is 37.4. The van der Waals surface area contributed by atoms with E-state index < -0.39 is 12.2 Å². The molecule has 3 aliphatic rings. The van der Waals surface area contributed by atoms with Crippen LogP contribution in [0.1, 0.15) is 12.5 Å². The zero-order chi connectivity index (χ0) is 19.3. The molecule has 3 aliphatic heterocycles. The fourth-order valence-electron chi connectivity index (χ4n) is 3.72. The van der Waals surface area contributed by atoms with Crippen LogP contribution in [0.3, 0.4) is 0 Å². The maximum absolute atomic E-state index is 13.2. The SMILES string of the molecule is C=CCN1C(C)=CN2C1=NC1C2C(=O)N(Cc2cccc(Cl)c2)C(=O)N1C. The summed E-state index contributed by atoms with van der Waals surface area (Å²) in [6.45, 7) is 6.51. The Morgan fingerprint density at radius 3 is 2.78 bits per heavy atom. The lowest BCUT2D eigenvalue weighted by atomic mass is 10.1. The number of rotatable bonds is 4. The van der Waals surface area contributed by atoms with E-state index in [0.717, 1.165) is 11.3 Å². The molecule has 1 aromatic carbocycles. The molecule has 0 radical (unpaired) electrons. The second-order valence-electron chi connectivity index (χ2n) is 6.81. The highest BCUT2D eigenvalue weighted by molar-refractivity contribution is 6.30. The number of hydrogen-bond donors (Lipinski definition) is 0. The topological polar surface area (TPSA) is 59.5 Å². The van der Waals surface area contributed by atoms with Crippen LogP contribution in [0.25, 0.3) is 0 Å². The summed E-state index contributed by atoms with van der Waals surface area (Å²) in [7, 11) is 1.68. The number of carbonyl (C=O) groups excluding carboxylic acids is 2. The number of likely N-dealkylation sites (N-methyl/N-ethyl adjacent to an activating group) is 1. The van der Waals surface area contributed by atoms with E-state index >= 15 is 0 Å². The van der Waals surface area contributed by atoms with Gasteiger partial charge in [0.25, 0.3) is 5.91 Å². The second-order valence-corrected chi connectivity index (χ2v) is 7.25. The molecular weight excluding hydrogens is 366 g/mol. The average Bonchev–Trinajstić information content (AvgIpc) is 3.14. The Morgan fingerprint density at radius 2 is 2.07 bits per heavy atom. The van der Waals surface area contributed by atoms with Crippen LogP contribution in [0.15, 0.2) is 53.8 Å². The summed E-state index contributed by atoms with van der Waals surface area (Å²) < 4.78 is 0. The van der Waals surface area contributed by atoms with Gasteiger partial charge in [0.2, 0.25) is 5.96 Å². The van der Waals surface area contributed by atoms with E-state index in [1.54, 1.807) is 31.3 Å². The number of allylic oxidation sites excluding steroid dienone is 1. The first kappa shape index (κ1) is 17.6. The highest BCUT2D eigenvalue weighted by Crippen LogP contribution is 2.34. The summed E-state index contributed by atoms with van der Waals surface area (Å²) in [6, 6.07) is 6.25. The normalized spacial score (nSPS) is 24.1. The summed E-state index contributed by atoms with van der Waals surface area (Å²) in [5.41, 5.74) is 1.79. The molecule has 1 saturated heterocycles. The lowest BCUT2D eigenvalue weighted by Crippen LogP contribution is -2.63. The van der Waals surface area contributed by atoms with Gasteiger partial charge in [-0.1, -0.05) is 29.8 Å². The zero-order valence-corrected chi connectivity index (χ0v) is 15.9. The number of halogens is 1. The molecule has 27 heavy (non-hydrogen) atoms. The minimum atomic E-state index is -0.563. The number of nitrogens with zero attached hydrogens (tertiary/aromatic N) is 5. The van der Waals surface area contributed by atoms with Gasteiger partial charge in [0, 0.05) is 30.5 Å². The maximum Gasteiger partial charge on any atom is 0.328 e. The molecule has 1 aromatic rings.